The Balaban J connectivity index is 3.02. The van der Waals surface area contributed by atoms with Crippen LogP contribution in [0.1, 0.15) is 48.8 Å². The van der Waals surface area contributed by atoms with Gasteiger partial charge in [0.25, 0.3) is 0 Å². The average Bonchev–Trinajstić information content (AvgIpc) is 2.21. The van der Waals surface area contributed by atoms with Crippen LogP contribution in [0.15, 0.2) is 0 Å². The highest BCUT2D eigenvalue weighted by Crippen LogP contribution is 2.20. The van der Waals surface area contributed by atoms with Gasteiger partial charge in [-0.05, 0) is 38.7 Å². The first-order chi connectivity index (χ1) is 8.32. The van der Waals surface area contributed by atoms with Gasteiger partial charge in [-0.25, -0.2) is 4.79 Å². The third-order valence-corrected chi connectivity index (χ3v) is 2.88. The molecule has 1 heterocycles. The second kappa shape index (κ2) is 5.80. The van der Waals surface area contributed by atoms with Crippen LogP contribution in [0.2, 0.25) is 0 Å². The van der Waals surface area contributed by atoms with Crippen LogP contribution in [0.4, 0.5) is 5.82 Å². The standard InChI is InChI=1S/C13H21N3O2/c1-7(2)6-8(3)14-12-11(13(17)18)9(4)10(5)15-16-12/h7-8H,6H2,1-5H3,(H,14,16)(H,17,18). The molecule has 0 saturated carbocycles. The Hall–Kier alpha value is -1.65. The molecule has 2 N–H and O–H groups in total. The monoisotopic (exact) mass is 251 g/mol. The molecule has 0 saturated heterocycles. The van der Waals surface area contributed by atoms with Gasteiger partial charge >= 0.3 is 5.97 Å². The summed E-state index contributed by atoms with van der Waals surface area (Å²) in [6.07, 6.45) is 0.952. The summed E-state index contributed by atoms with van der Waals surface area (Å²) in [6, 6.07) is 0.166. The molecule has 0 aliphatic heterocycles. The summed E-state index contributed by atoms with van der Waals surface area (Å²) in [7, 11) is 0. The summed E-state index contributed by atoms with van der Waals surface area (Å²) in [5.41, 5.74) is 1.53. The summed E-state index contributed by atoms with van der Waals surface area (Å²) < 4.78 is 0. The molecule has 0 spiro atoms. The Morgan fingerprint density at radius 2 is 1.89 bits per heavy atom. The minimum atomic E-state index is -0.968. The van der Waals surface area contributed by atoms with E-state index in [4.69, 9.17) is 0 Å². The van der Waals surface area contributed by atoms with Crippen LogP contribution in [0.25, 0.3) is 0 Å². The maximum Gasteiger partial charge on any atom is 0.339 e. The topological polar surface area (TPSA) is 75.1 Å². The van der Waals surface area contributed by atoms with E-state index in [9.17, 15) is 9.90 Å². The van der Waals surface area contributed by atoms with E-state index in [1.54, 1.807) is 13.8 Å². The van der Waals surface area contributed by atoms with E-state index in [-0.39, 0.29) is 11.6 Å². The maximum atomic E-state index is 11.3. The number of aromatic nitrogens is 2. The van der Waals surface area contributed by atoms with Gasteiger partial charge in [0.05, 0.1) is 5.69 Å². The van der Waals surface area contributed by atoms with Gasteiger partial charge in [-0.15, -0.1) is 5.10 Å². The summed E-state index contributed by atoms with van der Waals surface area (Å²) in [6.45, 7) is 9.79. The highest BCUT2D eigenvalue weighted by Gasteiger charge is 2.19. The maximum absolute atomic E-state index is 11.3. The van der Waals surface area contributed by atoms with Crippen molar-refractivity contribution in [1.29, 1.82) is 0 Å². The molecule has 1 atom stereocenters. The Morgan fingerprint density at radius 3 is 2.39 bits per heavy atom. The van der Waals surface area contributed by atoms with Crippen molar-refractivity contribution in [3.05, 3.63) is 16.8 Å². The van der Waals surface area contributed by atoms with Crippen LogP contribution in [0, 0.1) is 19.8 Å². The molecule has 5 nitrogen and oxygen atoms in total. The number of aromatic carboxylic acids is 1. The number of rotatable bonds is 5. The van der Waals surface area contributed by atoms with E-state index >= 15 is 0 Å². The molecular weight excluding hydrogens is 230 g/mol. The second-order valence-electron chi connectivity index (χ2n) is 5.11. The van der Waals surface area contributed by atoms with Crippen LogP contribution in [0.3, 0.4) is 0 Å². The molecule has 1 unspecified atom stereocenters. The van der Waals surface area contributed by atoms with E-state index in [0.29, 0.717) is 23.0 Å². The average molecular weight is 251 g/mol. The highest BCUT2D eigenvalue weighted by molar-refractivity contribution is 5.94. The zero-order valence-corrected chi connectivity index (χ0v) is 11.6. The molecule has 0 radical (unpaired) electrons. The predicted octanol–water partition coefficient (Wildman–Crippen LogP) is 2.64. The van der Waals surface area contributed by atoms with E-state index in [1.165, 1.54) is 0 Å². The van der Waals surface area contributed by atoms with E-state index in [1.807, 2.05) is 6.92 Å². The normalized spacial score (nSPS) is 12.6. The lowest BCUT2D eigenvalue weighted by Crippen LogP contribution is -2.21. The van der Waals surface area contributed by atoms with Gasteiger partial charge in [0.15, 0.2) is 5.82 Å². The Kier molecular flexibility index (Phi) is 4.64. The molecule has 100 valence electrons. The summed E-state index contributed by atoms with van der Waals surface area (Å²) in [4.78, 5) is 11.3. The fourth-order valence-electron chi connectivity index (χ4n) is 1.97. The number of carbonyl (C=O) groups is 1. The summed E-state index contributed by atoms with van der Waals surface area (Å²) in [5.74, 6) is -0.0659. The molecule has 0 amide bonds. The number of carboxylic acid groups (broad SMARTS) is 1. The van der Waals surface area contributed by atoms with E-state index < -0.39 is 5.97 Å². The van der Waals surface area contributed by atoms with Gasteiger partial charge in [0.2, 0.25) is 0 Å². The van der Waals surface area contributed by atoms with E-state index in [2.05, 4.69) is 29.4 Å². The van der Waals surface area contributed by atoms with Crippen LogP contribution in [-0.4, -0.2) is 27.3 Å². The lowest BCUT2D eigenvalue weighted by molar-refractivity contribution is 0.0696. The van der Waals surface area contributed by atoms with Crippen molar-refractivity contribution >= 4 is 11.8 Å². The number of aryl methyl sites for hydroxylation is 1. The first-order valence-corrected chi connectivity index (χ1v) is 6.16. The van der Waals surface area contributed by atoms with Gasteiger partial charge in [-0.2, -0.15) is 5.10 Å². The number of anilines is 1. The quantitative estimate of drug-likeness (QED) is 0.841. The number of carboxylic acids is 1. The summed E-state index contributed by atoms with van der Waals surface area (Å²) >= 11 is 0. The Morgan fingerprint density at radius 1 is 1.28 bits per heavy atom. The van der Waals surface area contributed by atoms with Crippen molar-refractivity contribution in [1.82, 2.24) is 10.2 Å². The van der Waals surface area contributed by atoms with Crippen LogP contribution in [-0.2, 0) is 0 Å². The second-order valence-corrected chi connectivity index (χ2v) is 5.11. The van der Waals surface area contributed by atoms with Gasteiger partial charge < -0.3 is 10.4 Å². The SMILES string of the molecule is Cc1nnc(NC(C)CC(C)C)c(C(=O)O)c1C. The molecule has 1 aromatic rings. The van der Waals surface area contributed by atoms with Crippen molar-refractivity contribution in [2.24, 2.45) is 5.92 Å². The van der Waals surface area contributed by atoms with E-state index in [0.717, 1.165) is 6.42 Å². The first-order valence-electron chi connectivity index (χ1n) is 6.16. The number of nitrogens with one attached hydrogen (secondary N) is 1. The molecule has 0 aliphatic rings. The fraction of sp³-hybridized carbons (Fsp3) is 0.615. The predicted molar refractivity (Wildman–Crippen MR) is 71.0 cm³/mol. The smallest absolute Gasteiger partial charge is 0.339 e. The molecule has 0 aliphatic carbocycles. The first kappa shape index (κ1) is 14.4. The van der Waals surface area contributed by atoms with Crippen molar-refractivity contribution < 1.29 is 9.90 Å². The van der Waals surface area contributed by atoms with Crippen LogP contribution in [0.5, 0.6) is 0 Å². The van der Waals surface area contributed by atoms with Crippen molar-refractivity contribution in [3.63, 3.8) is 0 Å². The Bertz CT molecular complexity index is 444. The fourth-order valence-corrected chi connectivity index (χ4v) is 1.97. The van der Waals surface area contributed by atoms with Crippen LogP contribution >= 0.6 is 0 Å². The van der Waals surface area contributed by atoms with Crippen molar-refractivity contribution in [3.8, 4) is 0 Å². The number of hydrogen-bond acceptors (Lipinski definition) is 4. The highest BCUT2D eigenvalue weighted by atomic mass is 16.4. The van der Waals surface area contributed by atoms with Gasteiger partial charge in [0.1, 0.15) is 5.56 Å². The van der Waals surface area contributed by atoms with Gasteiger partial charge in [-0.1, -0.05) is 13.8 Å². The third-order valence-electron chi connectivity index (χ3n) is 2.88. The number of nitrogens with zero attached hydrogens (tertiary/aromatic N) is 2. The zero-order valence-electron chi connectivity index (χ0n) is 11.6. The molecule has 0 aromatic carbocycles. The van der Waals surface area contributed by atoms with Crippen molar-refractivity contribution in [2.75, 3.05) is 5.32 Å². The van der Waals surface area contributed by atoms with Crippen molar-refractivity contribution in [2.45, 2.75) is 47.1 Å². The Labute approximate surface area is 108 Å². The molecule has 0 bridgehead atoms. The number of hydrogen-bond donors (Lipinski definition) is 2. The van der Waals surface area contributed by atoms with Crippen LogP contribution < -0.4 is 5.32 Å². The molecule has 1 rings (SSSR count). The third kappa shape index (κ3) is 3.42. The molecule has 1 aromatic heterocycles. The minimum absolute atomic E-state index is 0.166. The lowest BCUT2D eigenvalue weighted by atomic mass is 10.0. The molecule has 5 heteroatoms. The molecule has 0 fully saturated rings. The van der Waals surface area contributed by atoms with Gasteiger partial charge in [0, 0.05) is 6.04 Å². The zero-order chi connectivity index (χ0) is 13.9. The summed E-state index contributed by atoms with van der Waals surface area (Å²) in [5, 5.41) is 20.3. The molecule has 18 heavy (non-hydrogen) atoms. The largest absolute Gasteiger partial charge is 0.478 e. The minimum Gasteiger partial charge on any atom is -0.478 e. The van der Waals surface area contributed by atoms with Gasteiger partial charge in [-0.3, -0.25) is 0 Å². The lowest BCUT2D eigenvalue weighted by Gasteiger charge is -2.18. The molecular formula is C13H21N3O2.